The van der Waals surface area contributed by atoms with E-state index in [9.17, 15) is 18.7 Å². The molecule has 0 fully saturated rings. The maximum absolute atomic E-state index is 13.5. The molecule has 0 amide bonds. The van der Waals surface area contributed by atoms with Crippen molar-refractivity contribution in [3.05, 3.63) is 35.4 Å². The Bertz CT molecular complexity index is 469. The summed E-state index contributed by atoms with van der Waals surface area (Å²) in [5, 5.41) is 9.75. The van der Waals surface area contributed by atoms with E-state index in [1.165, 1.54) is 12.1 Å². The van der Waals surface area contributed by atoms with Crippen molar-refractivity contribution in [2.24, 2.45) is 0 Å². The van der Waals surface area contributed by atoms with E-state index in [-0.39, 0.29) is 12.0 Å². The van der Waals surface area contributed by atoms with Gasteiger partial charge in [-0.15, -0.1) is 0 Å². The third-order valence-corrected chi connectivity index (χ3v) is 2.96. The zero-order valence-corrected chi connectivity index (χ0v) is 12.1. The van der Waals surface area contributed by atoms with Crippen LogP contribution in [0, 0.1) is 11.6 Å². The van der Waals surface area contributed by atoms with Gasteiger partial charge in [-0.2, -0.15) is 0 Å². The number of carbonyl (C=O) groups excluding carboxylic acids is 1. The summed E-state index contributed by atoms with van der Waals surface area (Å²) in [7, 11) is 0. The SMILES string of the molecule is CCN(CCC(=O)c1cccc(F)c1F)CC(C)(C)O. The van der Waals surface area contributed by atoms with Crippen LogP contribution in [0.25, 0.3) is 0 Å². The first-order chi connectivity index (χ1) is 9.24. The first-order valence-corrected chi connectivity index (χ1v) is 6.66. The lowest BCUT2D eigenvalue weighted by molar-refractivity contribution is 0.0371. The van der Waals surface area contributed by atoms with Crippen molar-refractivity contribution < 1.29 is 18.7 Å². The molecule has 1 aromatic carbocycles. The Hall–Kier alpha value is -1.33. The largest absolute Gasteiger partial charge is 0.389 e. The van der Waals surface area contributed by atoms with Crippen LogP contribution in [-0.4, -0.2) is 41.0 Å². The van der Waals surface area contributed by atoms with Crippen molar-refractivity contribution in [3.63, 3.8) is 0 Å². The molecule has 0 saturated heterocycles. The molecule has 0 saturated carbocycles. The highest BCUT2D eigenvalue weighted by Crippen LogP contribution is 2.14. The number of halogens is 2. The van der Waals surface area contributed by atoms with E-state index < -0.39 is 23.0 Å². The fourth-order valence-electron chi connectivity index (χ4n) is 2.01. The molecule has 0 bridgehead atoms. The van der Waals surface area contributed by atoms with E-state index in [2.05, 4.69) is 0 Å². The second-order valence-corrected chi connectivity index (χ2v) is 5.46. The number of hydrogen-bond acceptors (Lipinski definition) is 3. The van der Waals surface area contributed by atoms with Gasteiger partial charge in [-0.1, -0.05) is 13.0 Å². The maximum Gasteiger partial charge on any atom is 0.169 e. The van der Waals surface area contributed by atoms with E-state index in [1.807, 2.05) is 11.8 Å². The van der Waals surface area contributed by atoms with Gasteiger partial charge >= 0.3 is 0 Å². The van der Waals surface area contributed by atoms with Gasteiger partial charge in [-0.05, 0) is 32.5 Å². The summed E-state index contributed by atoms with van der Waals surface area (Å²) in [5.74, 6) is -2.54. The highest BCUT2D eigenvalue weighted by molar-refractivity contribution is 5.96. The van der Waals surface area contributed by atoms with Crippen LogP contribution in [0.3, 0.4) is 0 Å². The maximum atomic E-state index is 13.5. The lowest BCUT2D eigenvalue weighted by Gasteiger charge is -2.27. The molecule has 1 N–H and O–H groups in total. The first-order valence-electron chi connectivity index (χ1n) is 6.66. The monoisotopic (exact) mass is 285 g/mol. The normalized spacial score (nSPS) is 11.9. The average Bonchev–Trinajstić information content (AvgIpc) is 2.36. The molecule has 20 heavy (non-hydrogen) atoms. The number of hydrogen-bond donors (Lipinski definition) is 1. The fraction of sp³-hybridized carbons (Fsp3) is 0.533. The Morgan fingerprint density at radius 3 is 2.55 bits per heavy atom. The van der Waals surface area contributed by atoms with Crippen LogP contribution in [0.5, 0.6) is 0 Å². The number of aliphatic hydroxyl groups is 1. The zero-order valence-electron chi connectivity index (χ0n) is 12.1. The third-order valence-electron chi connectivity index (χ3n) is 2.96. The van der Waals surface area contributed by atoms with E-state index in [0.29, 0.717) is 19.6 Å². The Balaban J connectivity index is 2.64. The van der Waals surface area contributed by atoms with Crippen LogP contribution in [0.1, 0.15) is 37.6 Å². The second-order valence-electron chi connectivity index (χ2n) is 5.46. The number of rotatable bonds is 7. The summed E-state index contributed by atoms with van der Waals surface area (Å²) in [5.41, 5.74) is -1.08. The van der Waals surface area contributed by atoms with Crippen LogP contribution >= 0.6 is 0 Å². The highest BCUT2D eigenvalue weighted by atomic mass is 19.2. The van der Waals surface area contributed by atoms with Crippen molar-refractivity contribution in [2.75, 3.05) is 19.6 Å². The van der Waals surface area contributed by atoms with Crippen molar-refractivity contribution in [3.8, 4) is 0 Å². The summed E-state index contributed by atoms with van der Waals surface area (Å²) < 4.78 is 26.5. The molecule has 0 spiro atoms. The zero-order chi connectivity index (χ0) is 15.3. The van der Waals surface area contributed by atoms with Gasteiger partial charge in [0, 0.05) is 19.5 Å². The van der Waals surface area contributed by atoms with Gasteiger partial charge in [0.25, 0.3) is 0 Å². The van der Waals surface area contributed by atoms with Gasteiger partial charge < -0.3 is 10.0 Å². The molecule has 0 unspecified atom stereocenters. The number of nitrogens with zero attached hydrogens (tertiary/aromatic N) is 1. The number of carbonyl (C=O) groups is 1. The summed E-state index contributed by atoms with van der Waals surface area (Å²) >= 11 is 0. The van der Waals surface area contributed by atoms with Gasteiger partial charge in [-0.25, -0.2) is 8.78 Å². The third kappa shape index (κ3) is 4.98. The van der Waals surface area contributed by atoms with Crippen molar-refractivity contribution in [2.45, 2.75) is 32.8 Å². The smallest absolute Gasteiger partial charge is 0.169 e. The van der Waals surface area contributed by atoms with E-state index in [4.69, 9.17) is 0 Å². The Labute approximate surface area is 118 Å². The predicted molar refractivity (Wildman–Crippen MR) is 73.7 cm³/mol. The van der Waals surface area contributed by atoms with Crippen LogP contribution in [0.15, 0.2) is 18.2 Å². The molecule has 0 aliphatic carbocycles. The van der Waals surface area contributed by atoms with Crippen LogP contribution in [-0.2, 0) is 0 Å². The lowest BCUT2D eigenvalue weighted by atomic mass is 10.1. The first kappa shape index (κ1) is 16.7. The number of likely N-dealkylation sites (N-methyl/N-ethyl adjacent to an activating group) is 1. The Morgan fingerprint density at radius 2 is 2.00 bits per heavy atom. The molecule has 5 heteroatoms. The molecule has 0 aliphatic rings. The topological polar surface area (TPSA) is 40.5 Å². The van der Waals surface area contributed by atoms with Gasteiger partial charge in [0.2, 0.25) is 0 Å². The quantitative estimate of drug-likeness (QED) is 0.783. The summed E-state index contributed by atoms with van der Waals surface area (Å²) in [6, 6.07) is 3.59. The van der Waals surface area contributed by atoms with Gasteiger partial charge in [0.1, 0.15) is 0 Å². The standard InChI is InChI=1S/C15H21F2NO2/c1-4-18(10-15(2,3)20)9-8-13(19)11-6-5-7-12(16)14(11)17/h5-7,20H,4,8-10H2,1-3H3. The molecular formula is C15H21F2NO2. The van der Waals surface area contributed by atoms with Crippen molar-refractivity contribution >= 4 is 5.78 Å². The minimum atomic E-state index is -1.09. The molecule has 3 nitrogen and oxygen atoms in total. The highest BCUT2D eigenvalue weighted by Gasteiger charge is 2.19. The summed E-state index contributed by atoms with van der Waals surface area (Å²) in [4.78, 5) is 13.8. The van der Waals surface area contributed by atoms with Crippen molar-refractivity contribution in [1.82, 2.24) is 4.90 Å². The van der Waals surface area contributed by atoms with E-state index in [1.54, 1.807) is 13.8 Å². The average molecular weight is 285 g/mol. The Kier molecular flexibility index (Phi) is 5.77. The minimum absolute atomic E-state index is 0.0876. The van der Waals surface area contributed by atoms with Crippen LogP contribution in [0.4, 0.5) is 8.78 Å². The molecule has 1 aromatic rings. The number of Topliss-reactive ketones (excluding diaryl/α,β-unsaturated/α-hetero) is 1. The van der Waals surface area contributed by atoms with Crippen LogP contribution < -0.4 is 0 Å². The van der Waals surface area contributed by atoms with Gasteiger partial charge in [-0.3, -0.25) is 4.79 Å². The minimum Gasteiger partial charge on any atom is -0.389 e. The number of ketones is 1. The molecule has 0 aromatic heterocycles. The summed E-state index contributed by atoms with van der Waals surface area (Å²) in [6.45, 7) is 6.77. The molecule has 1 rings (SSSR count). The van der Waals surface area contributed by atoms with Crippen molar-refractivity contribution in [1.29, 1.82) is 0 Å². The molecule has 112 valence electrons. The van der Waals surface area contributed by atoms with E-state index in [0.717, 1.165) is 6.07 Å². The molecule has 0 aliphatic heterocycles. The summed E-state index contributed by atoms with van der Waals surface area (Å²) in [6.07, 6.45) is 0.0876. The Morgan fingerprint density at radius 1 is 1.35 bits per heavy atom. The van der Waals surface area contributed by atoms with Gasteiger partial charge in [0.15, 0.2) is 17.4 Å². The molecular weight excluding hydrogens is 264 g/mol. The molecule has 0 atom stereocenters. The fourth-order valence-corrected chi connectivity index (χ4v) is 2.01. The molecule has 0 heterocycles. The number of benzene rings is 1. The van der Waals surface area contributed by atoms with Crippen LogP contribution in [0.2, 0.25) is 0 Å². The predicted octanol–water partition coefficient (Wildman–Crippen LogP) is 2.63. The second kappa shape index (κ2) is 6.90. The van der Waals surface area contributed by atoms with E-state index >= 15 is 0 Å². The van der Waals surface area contributed by atoms with Gasteiger partial charge in [0.05, 0.1) is 11.2 Å². The lowest BCUT2D eigenvalue weighted by Crippen LogP contribution is -2.39. The molecule has 0 radical (unpaired) electrons.